The van der Waals surface area contributed by atoms with Gasteiger partial charge in [0.25, 0.3) is 5.91 Å². The normalized spacial score (nSPS) is 15.3. The van der Waals surface area contributed by atoms with Crippen molar-refractivity contribution in [1.29, 1.82) is 0 Å². The molecular weight excluding hydrogens is 352 g/mol. The van der Waals surface area contributed by atoms with Gasteiger partial charge in [-0.2, -0.15) is 5.10 Å². The fourth-order valence-corrected chi connectivity index (χ4v) is 3.39. The predicted molar refractivity (Wildman–Crippen MR) is 100 cm³/mol. The molecule has 0 atom stereocenters. The van der Waals surface area contributed by atoms with E-state index < -0.39 is 0 Å². The standard InChI is InChI=1S/C19H23ClN4O2/c1-3-24-17(12-14(2)21-24)19(26)22-9-8-18(25)23(11-10-22)13-15-6-4-5-7-16(15)20/h4-7,12H,3,8-11,13H2,1-2H3. The van der Waals surface area contributed by atoms with Gasteiger partial charge in [0.1, 0.15) is 5.69 Å². The zero-order valence-electron chi connectivity index (χ0n) is 15.1. The molecule has 1 aromatic heterocycles. The van der Waals surface area contributed by atoms with Crippen LogP contribution >= 0.6 is 11.6 Å². The van der Waals surface area contributed by atoms with Gasteiger partial charge in [0.15, 0.2) is 0 Å². The number of hydrogen-bond donors (Lipinski definition) is 0. The maximum absolute atomic E-state index is 12.9. The van der Waals surface area contributed by atoms with Crippen molar-refractivity contribution in [2.75, 3.05) is 19.6 Å². The SMILES string of the molecule is CCn1nc(C)cc1C(=O)N1CCC(=O)N(Cc2ccccc2Cl)CC1. The fraction of sp³-hybridized carbons (Fsp3) is 0.421. The van der Waals surface area contributed by atoms with Gasteiger partial charge < -0.3 is 9.80 Å². The van der Waals surface area contributed by atoms with Crippen molar-refractivity contribution in [3.63, 3.8) is 0 Å². The molecule has 1 aromatic carbocycles. The van der Waals surface area contributed by atoms with Gasteiger partial charge in [-0.3, -0.25) is 14.3 Å². The summed E-state index contributed by atoms with van der Waals surface area (Å²) in [5.41, 5.74) is 2.32. The molecule has 0 N–H and O–H groups in total. The molecule has 1 saturated heterocycles. The first-order valence-corrected chi connectivity index (χ1v) is 9.22. The van der Waals surface area contributed by atoms with Crippen LogP contribution in [0, 0.1) is 6.92 Å². The molecule has 0 unspecified atom stereocenters. The van der Waals surface area contributed by atoms with Crippen LogP contribution in [0.25, 0.3) is 0 Å². The molecule has 1 aliphatic rings. The number of benzene rings is 1. The van der Waals surface area contributed by atoms with E-state index in [9.17, 15) is 9.59 Å². The van der Waals surface area contributed by atoms with Gasteiger partial charge in [0, 0.05) is 44.2 Å². The van der Waals surface area contributed by atoms with Crippen molar-refractivity contribution in [2.45, 2.75) is 33.4 Å². The van der Waals surface area contributed by atoms with Crippen LogP contribution in [0.5, 0.6) is 0 Å². The average molecular weight is 375 g/mol. The molecule has 0 saturated carbocycles. The number of halogens is 1. The summed E-state index contributed by atoms with van der Waals surface area (Å²) in [7, 11) is 0. The Balaban J connectivity index is 1.71. The first-order valence-electron chi connectivity index (χ1n) is 8.84. The van der Waals surface area contributed by atoms with Crippen molar-refractivity contribution < 1.29 is 9.59 Å². The number of rotatable bonds is 4. The summed E-state index contributed by atoms with van der Waals surface area (Å²) < 4.78 is 1.71. The largest absolute Gasteiger partial charge is 0.336 e. The van der Waals surface area contributed by atoms with Gasteiger partial charge in [0.2, 0.25) is 5.91 Å². The van der Waals surface area contributed by atoms with Crippen molar-refractivity contribution in [3.05, 3.63) is 52.3 Å². The molecule has 1 aliphatic heterocycles. The minimum Gasteiger partial charge on any atom is -0.336 e. The van der Waals surface area contributed by atoms with E-state index in [2.05, 4.69) is 5.10 Å². The highest BCUT2D eigenvalue weighted by atomic mass is 35.5. The molecule has 2 aromatic rings. The summed E-state index contributed by atoms with van der Waals surface area (Å²) in [4.78, 5) is 28.9. The van der Waals surface area contributed by atoms with E-state index in [1.807, 2.05) is 38.1 Å². The van der Waals surface area contributed by atoms with Crippen LogP contribution in [0.2, 0.25) is 5.02 Å². The topological polar surface area (TPSA) is 58.4 Å². The number of amides is 2. The number of aryl methyl sites for hydroxylation is 2. The highest BCUT2D eigenvalue weighted by Gasteiger charge is 2.26. The van der Waals surface area contributed by atoms with E-state index >= 15 is 0 Å². The van der Waals surface area contributed by atoms with Crippen molar-refractivity contribution in [3.8, 4) is 0 Å². The van der Waals surface area contributed by atoms with Crippen molar-refractivity contribution >= 4 is 23.4 Å². The first kappa shape index (κ1) is 18.5. The number of nitrogens with zero attached hydrogens (tertiary/aromatic N) is 4. The fourth-order valence-electron chi connectivity index (χ4n) is 3.19. The lowest BCUT2D eigenvalue weighted by Crippen LogP contribution is -2.36. The molecule has 0 aliphatic carbocycles. The second-order valence-corrected chi connectivity index (χ2v) is 6.84. The number of carbonyl (C=O) groups is 2. The third-order valence-corrected chi connectivity index (χ3v) is 4.98. The molecule has 0 spiro atoms. The van der Waals surface area contributed by atoms with Crippen molar-refractivity contribution in [2.24, 2.45) is 0 Å². The van der Waals surface area contributed by atoms with Gasteiger partial charge in [0.05, 0.1) is 5.69 Å². The van der Waals surface area contributed by atoms with E-state index in [0.29, 0.717) is 49.9 Å². The highest BCUT2D eigenvalue weighted by molar-refractivity contribution is 6.31. The molecule has 2 amide bonds. The van der Waals surface area contributed by atoms with E-state index in [0.717, 1.165) is 11.3 Å². The maximum atomic E-state index is 12.9. The van der Waals surface area contributed by atoms with Crippen LogP contribution in [-0.2, 0) is 17.9 Å². The molecule has 2 heterocycles. The Morgan fingerprint density at radius 3 is 2.73 bits per heavy atom. The lowest BCUT2D eigenvalue weighted by Gasteiger charge is -2.23. The summed E-state index contributed by atoms with van der Waals surface area (Å²) in [5, 5.41) is 4.99. The summed E-state index contributed by atoms with van der Waals surface area (Å²) in [6.07, 6.45) is 0.315. The van der Waals surface area contributed by atoms with Gasteiger partial charge in [-0.05, 0) is 31.5 Å². The Bertz CT molecular complexity index is 818. The van der Waals surface area contributed by atoms with Gasteiger partial charge in [-0.25, -0.2) is 0 Å². The summed E-state index contributed by atoms with van der Waals surface area (Å²) in [6.45, 7) is 6.36. The molecule has 0 bridgehead atoms. The molecule has 26 heavy (non-hydrogen) atoms. The smallest absolute Gasteiger partial charge is 0.272 e. The molecule has 3 rings (SSSR count). The van der Waals surface area contributed by atoms with Crippen LogP contribution in [0.4, 0.5) is 0 Å². The Morgan fingerprint density at radius 1 is 1.23 bits per heavy atom. The number of aromatic nitrogens is 2. The van der Waals surface area contributed by atoms with Gasteiger partial charge in [-0.15, -0.1) is 0 Å². The first-order chi connectivity index (χ1) is 12.5. The Hall–Kier alpha value is -2.34. The molecule has 0 radical (unpaired) electrons. The van der Waals surface area contributed by atoms with E-state index in [1.54, 1.807) is 20.5 Å². The lowest BCUT2D eigenvalue weighted by molar-refractivity contribution is -0.130. The molecule has 1 fully saturated rings. The Morgan fingerprint density at radius 2 is 2.00 bits per heavy atom. The molecular formula is C19H23ClN4O2. The quantitative estimate of drug-likeness (QED) is 0.826. The van der Waals surface area contributed by atoms with Crippen LogP contribution < -0.4 is 0 Å². The minimum atomic E-state index is -0.0696. The Labute approximate surface area is 158 Å². The van der Waals surface area contributed by atoms with E-state index in [4.69, 9.17) is 11.6 Å². The number of hydrogen-bond acceptors (Lipinski definition) is 3. The third-order valence-electron chi connectivity index (χ3n) is 4.62. The minimum absolute atomic E-state index is 0.0420. The Kier molecular flexibility index (Phi) is 5.61. The zero-order valence-corrected chi connectivity index (χ0v) is 15.9. The predicted octanol–water partition coefficient (Wildman–Crippen LogP) is 2.74. The van der Waals surface area contributed by atoms with Gasteiger partial charge >= 0.3 is 0 Å². The van der Waals surface area contributed by atoms with Crippen LogP contribution in [0.3, 0.4) is 0 Å². The molecule has 7 heteroatoms. The molecule has 138 valence electrons. The van der Waals surface area contributed by atoms with Gasteiger partial charge in [-0.1, -0.05) is 29.8 Å². The van der Waals surface area contributed by atoms with Crippen LogP contribution in [-0.4, -0.2) is 51.0 Å². The maximum Gasteiger partial charge on any atom is 0.272 e. The van der Waals surface area contributed by atoms with Crippen LogP contribution in [0.15, 0.2) is 30.3 Å². The van der Waals surface area contributed by atoms with E-state index in [1.165, 1.54) is 0 Å². The second-order valence-electron chi connectivity index (χ2n) is 6.44. The summed E-state index contributed by atoms with van der Waals surface area (Å²) in [6, 6.07) is 9.33. The third kappa shape index (κ3) is 3.90. The summed E-state index contributed by atoms with van der Waals surface area (Å²) >= 11 is 6.21. The monoisotopic (exact) mass is 374 g/mol. The molecule has 6 nitrogen and oxygen atoms in total. The second kappa shape index (κ2) is 7.91. The van der Waals surface area contributed by atoms with Crippen molar-refractivity contribution in [1.82, 2.24) is 19.6 Å². The highest BCUT2D eigenvalue weighted by Crippen LogP contribution is 2.19. The lowest BCUT2D eigenvalue weighted by atomic mass is 10.2. The van der Waals surface area contributed by atoms with Crippen LogP contribution in [0.1, 0.15) is 35.1 Å². The number of carbonyl (C=O) groups excluding carboxylic acids is 2. The summed E-state index contributed by atoms with van der Waals surface area (Å²) in [5.74, 6) is -0.0276. The zero-order chi connectivity index (χ0) is 18.7. The van der Waals surface area contributed by atoms with E-state index in [-0.39, 0.29) is 11.8 Å². The average Bonchev–Trinajstić information content (AvgIpc) is 2.92.